The van der Waals surface area contributed by atoms with E-state index in [0.29, 0.717) is 0 Å². The average molecular weight is 252 g/mol. The van der Waals surface area contributed by atoms with E-state index < -0.39 is 0 Å². The lowest BCUT2D eigenvalue weighted by Crippen LogP contribution is -2.04. The highest BCUT2D eigenvalue weighted by Crippen LogP contribution is 2.55. The molecular formula is C12H12S3. The Morgan fingerprint density at radius 1 is 1.07 bits per heavy atom. The summed E-state index contributed by atoms with van der Waals surface area (Å²) in [7, 11) is 0. The van der Waals surface area contributed by atoms with Crippen LogP contribution < -0.4 is 0 Å². The summed E-state index contributed by atoms with van der Waals surface area (Å²) in [6.45, 7) is 0. The fraction of sp³-hybridized carbons (Fsp3) is 0.417. The maximum atomic E-state index is 5.37. The summed E-state index contributed by atoms with van der Waals surface area (Å²) in [6.07, 6.45) is 12.5. The summed E-state index contributed by atoms with van der Waals surface area (Å²) < 4.78 is 1.47. The molecule has 3 aliphatic rings. The Morgan fingerprint density at radius 2 is 1.73 bits per heavy atom. The molecule has 0 amide bonds. The first-order chi connectivity index (χ1) is 7.34. The molecule has 15 heavy (non-hydrogen) atoms. The minimum atomic E-state index is 0.861. The first kappa shape index (κ1) is 10.2. The molecule has 0 bridgehead atoms. The zero-order chi connectivity index (χ0) is 10.3. The van der Waals surface area contributed by atoms with Crippen molar-refractivity contribution in [3.8, 4) is 0 Å². The first-order valence-corrected chi connectivity index (χ1v) is 7.48. The Labute approximate surface area is 104 Å². The van der Waals surface area contributed by atoms with Gasteiger partial charge in [-0.1, -0.05) is 36.9 Å². The van der Waals surface area contributed by atoms with Gasteiger partial charge in [-0.05, 0) is 18.9 Å². The van der Waals surface area contributed by atoms with Crippen LogP contribution in [0.2, 0.25) is 0 Å². The van der Waals surface area contributed by atoms with E-state index in [1.54, 1.807) is 0 Å². The Hall–Kier alpha value is 0.01000. The van der Waals surface area contributed by atoms with Crippen molar-refractivity contribution in [2.75, 3.05) is 0 Å². The predicted octanol–water partition coefficient (Wildman–Crippen LogP) is 4.10. The fourth-order valence-corrected chi connectivity index (χ4v) is 6.21. The van der Waals surface area contributed by atoms with Gasteiger partial charge in [-0.15, -0.1) is 23.5 Å². The lowest BCUT2D eigenvalue weighted by molar-refractivity contribution is 0.890. The van der Waals surface area contributed by atoms with Crippen molar-refractivity contribution in [2.24, 2.45) is 0 Å². The van der Waals surface area contributed by atoms with Gasteiger partial charge < -0.3 is 0 Å². The average Bonchev–Trinajstić information content (AvgIpc) is 2.77. The number of thioether (sulfide) groups is 2. The number of hydrogen-bond acceptors (Lipinski definition) is 3. The molecule has 1 saturated carbocycles. The largest absolute Gasteiger partial charge is 0.114 e. The van der Waals surface area contributed by atoms with E-state index in [9.17, 15) is 0 Å². The molecule has 3 heteroatoms. The number of thiocarbonyl (C=S) groups is 1. The van der Waals surface area contributed by atoms with Crippen molar-refractivity contribution < 1.29 is 0 Å². The first-order valence-electron chi connectivity index (χ1n) is 5.31. The quantitative estimate of drug-likeness (QED) is 0.471. The van der Waals surface area contributed by atoms with Gasteiger partial charge in [0.15, 0.2) is 0 Å². The van der Waals surface area contributed by atoms with Crippen molar-refractivity contribution in [3.63, 3.8) is 0 Å². The molecule has 1 aliphatic heterocycles. The normalized spacial score (nSPS) is 34.0. The van der Waals surface area contributed by atoms with Gasteiger partial charge in [0.25, 0.3) is 0 Å². The van der Waals surface area contributed by atoms with E-state index in [1.807, 2.05) is 12.2 Å². The summed E-state index contributed by atoms with van der Waals surface area (Å²) >= 11 is 9.50. The highest BCUT2D eigenvalue weighted by Gasteiger charge is 2.37. The van der Waals surface area contributed by atoms with Crippen LogP contribution in [0.25, 0.3) is 0 Å². The van der Waals surface area contributed by atoms with Gasteiger partial charge in [0, 0.05) is 25.2 Å². The van der Waals surface area contributed by atoms with E-state index in [0.717, 1.165) is 15.4 Å². The molecule has 2 aliphatic carbocycles. The van der Waals surface area contributed by atoms with E-state index in [2.05, 4.69) is 35.7 Å². The van der Waals surface area contributed by atoms with Crippen molar-refractivity contribution in [2.45, 2.75) is 29.8 Å². The third kappa shape index (κ3) is 1.85. The zero-order valence-corrected chi connectivity index (χ0v) is 10.8. The molecule has 1 saturated heterocycles. The van der Waals surface area contributed by atoms with Crippen LogP contribution in [0.1, 0.15) is 19.3 Å². The summed E-state index contributed by atoms with van der Waals surface area (Å²) in [4.78, 5) is 1.01. The maximum absolute atomic E-state index is 5.37. The van der Waals surface area contributed by atoms with Crippen LogP contribution in [0.15, 0.2) is 34.1 Å². The predicted molar refractivity (Wildman–Crippen MR) is 74.5 cm³/mol. The van der Waals surface area contributed by atoms with Crippen LogP contribution in [0.3, 0.4) is 0 Å². The number of allylic oxidation sites excluding steroid dienone is 5. The molecular weight excluding hydrogens is 240 g/mol. The Kier molecular flexibility index (Phi) is 2.79. The van der Waals surface area contributed by atoms with Crippen molar-refractivity contribution in [1.29, 1.82) is 0 Å². The molecule has 1 heterocycles. The Morgan fingerprint density at radius 3 is 2.40 bits per heavy atom. The molecule has 2 atom stereocenters. The van der Waals surface area contributed by atoms with Gasteiger partial charge in [0.05, 0.1) is 0 Å². The van der Waals surface area contributed by atoms with Crippen LogP contribution in [-0.2, 0) is 0 Å². The van der Waals surface area contributed by atoms with Crippen LogP contribution in [-0.4, -0.2) is 15.4 Å². The molecule has 0 aromatic rings. The maximum Gasteiger partial charge on any atom is 0.0494 e. The van der Waals surface area contributed by atoms with Gasteiger partial charge in [-0.3, -0.25) is 0 Å². The van der Waals surface area contributed by atoms with Crippen molar-refractivity contribution in [1.82, 2.24) is 0 Å². The van der Waals surface area contributed by atoms with Gasteiger partial charge in [-0.2, -0.15) is 0 Å². The van der Waals surface area contributed by atoms with Crippen LogP contribution in [0.5, 0.6) is 0 Å². The molecule has 2 unspecified atom stereocenters. The van der Waals surface area contributed by atoms with E-state index in [4.69, 9.17) is 12.2 Å². The lowest BCUT2D eigenvalue weighted by Gasteiger charge is -2.08. The minimum Gasteiger partial charge on any atom is -0.114 e. The third-order valence-electron chi connectivity index (χ3n) is 3.02. The van der Waals surface area contributed by atoms with Gasteiger partial charge in [0.2, 0.25) is 0 Å². The van der Waals surface area contributed by atoms with Gasteiger partial charge in [-0.25, -0.2) is 0 Å². The summed E-state index contributed by atoms with van der Waals surface area (Å²) in [5, 5.41) is 1.72. The van der Waals surface area contributed by atoms with E-state index in [-0.39, 0.29) is 0 Å². The molecule has 78 valence electrons. The second-order valence-electron chi connectivity index (χ2n) is 4.03. The van der Waals surface area contributed by atoms with Crippen LogP contribution in [0.4, 0.5) is 0 Å². The van der Waals surface area contributed by atoms with Crippen LogP contribution in [0, 0.1) is 0 Å². The standard InChI is InChI=1S/C12H12S3/c13-9-5-2-1-4-8(9)12-14-10-6-3-7-11(10)15-12/h1-2,4-5,10-11H,3,6-7H2. The number of rotatable bonds is 0. The minimum absolute atomic E-state index is 0.861. The fourth-order valence-electron chi connectivity index (χ4n) is 2.23. The molecule has 0 N–H and O–H groups in total. The highest BCUT2D eigenvalue weighted by molar-refractivity contribution is 8.26. The summed E-state index contributed by atoms with van der Waals surface area (Å²) in [5.41, 5.74) is 1.29. The molecule has 0 radical (unpaired) electrons. The molecule has 0 aromatic carbocycles. The zero-order valence-electron chi connectivity index (χ0n) is 8.31. The molecule has 0 spiro atoms. The summed E-state index contributed by atoms with van der Waals surface area (Å²) in [5.74, 6) is 0. The number of fused-ring (bicyclic) bond motifs is 1. The van der Waals surface area contributed by atoms with Crippen molar-refractivity contribution in [3.05, 3.63) is 34.1 Å². The van der Waals surface area contributed by atoms with Crippen LogP contribution >= 0.6 is 35.7 Å². The van der Waals surface area contributed by atoms with Gasteiger partial charge in [0.1, 0.15) is 0 Å². The smallest absolute Gasteiger partial charge is 0.0494 e. The number of hydrogen-bond donors (Lipinski definition) is 0. The molecule has 3 rings (SSSR count). The second kappa shape index (κ2) is 4.11. The second-order valence-corrected chi connectivity index (χ2v) is 7.22. The molecule has 0 aromatic heterocycles. The summed E-state index contributed by atoms with van der Waals surface area (Å²) in [6, 6.07) is 0. The Bertz CT molecular complexity index is 376. The third-order valence-corrected chi connectivity index (χ3v) is 6.72. The highest BCUT2D eigenvalue weighted by atomic mass is 32.2. The van der Waals surface area contributed by atoms with Gasteiger partial charge >= 0.3 is 0 Å². The van der Waals surface area contributed by atoms with Crippen molar-refractivity contribution >= 4 is 40.6 Å². The monoisotopic (exact) mass is 252 g/mol. The lowest BCUT2D eigenvalue weighted by atomic mass is 10.1. The molecule has 2 fully saturated rings. The van der Waals surface area contributed by atoms with E-state index in [1.165, 1.54) is 29.1 Å². The molecule has 0 nitrogen and oxygen atoms in total. The SMILES string of the molecule is S=C1C=CC=CC1=C1SC2CCCC2S1. The Balaban J connectivity index is 1.89. The topological polar surface area (TPSA) is 0 Å². The van der Waals surface area contributed by atoms with E-state index >= 15 is 0 Å².